The number of carbonyl (C=O) groups excluding carboxylic acids is 1. The maximum atomic E-state index is 14.5. The molecule has 7 heteroatoms. The van der Waals surface area contributed by atoms with Crippen LogP contribution in [0.1, 0.15) is 55.5 Å². The predicted octanol–water partition coefficient (Wildman–Crippen LogP) is 7.59. The van der Waals surface area contributed by atoms with E-state index in [-0.39, 0.29) is 24.4 Å². The van der Waals surface area contributed by atoms with E-state index >= 15 is 0 Å². The van der Waals surface area contributed by atoms with E-state index in [0.29, 0.717) is 30.8 Å². The molecule has 0 spiro atoms. The zero-order chi connectivity index (χ0) is 33.3. The molecule has 0 fully saturated rings. The zero-order valence-electron chi connectivity index (χ0n) is 27.8. The highest BCUT2D eigenvalue weighted by Gasteiger charge is 2.21. The average molecular weight is 637 g/mol. The first-order valence-electron chi connectivity index (χ1n) is 16.9. The van der Waals surface area contributed by atoms with Crippen molar-refractivity contribution in [3.63, 3.8) is 0 Å². The minimum absolute atomic E-state index is 0.0187. The lowest BCUT2D eigenvalue weighted by atomic mass is 9.89. The summed E-state index contributed by atoms with van der Waals surface area (Å²) in [5.41, 5.74) is 5.55. The van der Waals surface area contributed by atoms with Crippen LogP contribution in [0.15, 0.2) is 96.6 Å². The second-order valence-electron chi connectivity index (χ2n) is 12.3. The molecule has 3 aromatic carbocycles. The van der Waals surface area contributed by atoms with E-state index in [1.807, 2.05) is 33.7 Å². The normalized spacial score (nSPS) is 14.5. The maximum absolute atomic E-state index is 14.5. The lowest BCUT2D eigenvalue weighted by molar-refractivity contribution is -0.131. The van der Waals surface area contributed by atoms with Crippen molar-refractivity contribution in [2.24, 2.45) is 0 Å². The van der Waals surface area contributed by atoms with Crippen LogP contribution >= 0.6 is 0 Å². The van der Waals surface area contributed by atoms with Crippen LogP contribution in [0.4, 0.5) is 8.78 Å². The number of likely N-dealkylation sites (N-methyl/N-ethyl adjacent to an activating group) is 1. The van der Waals surface area contributed by atoms with Crippen LogP contribution < -0.4 is 5.36 Å². The molecule has 0 aliphatic heterocycles. The Bertz CT molecular complexity index is 1800. The van der Waals surface area contributed by atoms with Crippen LogP contribution in [0, 0.1) is 17.0 Å². The summed E-state index contributed by atoms with van der Waals surface area (Å²) in [6.07, 6.45) is 9.20. The van der Waals surface area contributed by atoms with E-state index in [0.717, 1.165) is 60.7 Å². The fraction of sp³-hybridized carbons (Fsp3) is 0.350. The van der Waals surface area contributed by atoms with Crippen LogP contribution in [0.2, 0.25) is 0 Å². The van der Waals surface area contributed by atoms with Crippen LogP contribution in [0.3, 0.4) is 0 Å². The number of allylic oxidation sites excluding steroid dienone is 2. The molecule has 1 aliphatic carbocycles. The molecule has 4 aromatic rings. The first-order valence-corrected chi connectivity index (χ1v) is 16.9. The molecule has 1 atom stereocenters. The molecular weight excluding hydrogens is 590 g/mol. The van der Waals surface area contributed by atoms with Crippen LogP contribution in [0.5, 0.6) is 0 Å². The fourth-order valence-electron chi connectivity index (χ4n) is 6.39. The minimum Gasteiger partial charge on any atom is -0.336 e. The van der Waals surface area contributed by atoms with Gasteiger partial charge in [-0.3, -0.25) is 4.79 Å². The molecule has 0 saturated heterocycles. The lowest BCUT2D eigenvalue weighted by Gasteiger charge is -2.29. The van der Waals surface area contributed by atoms with Gasteiger partial charge >= 0.3 is 0 Å². The number of halogens is 2. The number of nitrogens with one attached hydrogen (secondary N) is 1. The van der Waals surface area contributed by atoms with Gasteiger partial charge in [-0.15, -0.1) is 0 Å². The molecule has 1 unspecified atom stereocenters. The number of hydrogen-bond acceptors (Lipinski definition) is 3. The van der Waals surface area contributed by atoms with Gasteiger partial charge in [0.15, 0.2) is 11.6 Å². The Hall–Kier alpha value is -4.36. The van der Waals surface area contributed by atoms with Gasteiger partial charge in [-0.2, -0.15) is 0 Å². The highest BCUT2D eigenvalue weighted by atomic mass is 19.2. The number of hydrogen-bond donors (Lipinski definition) is 1. The summed E-state index contributed by atoms with van der Waals surface area (Å²) in [6, 6.07) is 22.4. The first-order chi connectivity index (χ1) is 22.8. The second-order valence-corrected chi connectivity index (χ2v) is 12.3. The van der Waals surface area contributed by atoms with Crippen LogP contribution in [-0.2, 0) is 30.6 Å². The van der Waals surface area contributed by atoms with Crippen molar-refractivity contribution in [1.29, 1.82) is 5.41 Å². The zero-order valence-corrected chi connectivity index (χ0v) is 27.8. The summed E-state index contributed by atoms with van der Waals surface area (Å²) in [5.74, 6) is -1.42. The molecule has 0 bridgehead atoms. The molecule has 1 aromatic heterocycles. The monoisotopic (exact) mass is 636 g/mol. The number of carbonyl (C=O) groups is 1. The largest absolute Gasteiger partial charge is 0.336 e. The number of rotatable bonds is 14. The highest BCUT2D eigenvalue weighted by molar-refractivity contribution is 5.82. The molecule has 0 saturated carbocycles. The number of pyridine rings is 1. The molecule has 1 heterocycles. The molecule has 1 N–H and O–H groups in total. The Morgan fingerprint density at radius 2 is 1.70 bits per heavy atom. The number of benzene rings is 3. The summed E-state index contributed by atoms with van der Waals surface area (Å²) in [7, 11) is 0. The number of aryl methyl sites for hydroxylation is 3. The van der Waals surface area contributed by atoms with Gasteiger partial charge in [-0.1, -0.05) is 93.6 Å². The Kier molecular flexibility index (Phi) is 11.5. The van der Waals surface area contributed by atoms with Gasteiger partial charge < -0.3 is 19.8 Å². The minimum atomic E-state index is -0.874. The summed E-state index contributed by atoms with van der Waals surface area (Å²) in [6.45, 7) is 10.2. The fourth-order valence-corrected chi connectivity index (χ4v) is 6.39. The Morgan fingerprint density at radius 1 is 0.936 bits per heavy atom. The molecule has 1 aliphatic rings. The van der Waals surface area contributed by atoms with Crippen molar-refractivity contribution in [3.8, 4) is 0 Å². The number of fused-ring (bicyclic) bond motifs is 1. The summed E-state index contributed by atoms with van der Waals surface area (Å²) in [5, 5.41) is 9.77. The Labute approximate surface area is 277 Å². The van der Waals surface area contributed by atoms with Crippen LogP contribution in [-0.4, -0.2) is 53.0 Å². The number of amides is 1. The van der Waals surface area contributed by atoms with E-state index in [1.165, 1.54) is 17.2 Å². The summed E-state index contributed by atoms with van der Waals surface area (Å²) in [4.78, 5) is 18.5. The predicted molar refractivity (Wildman–Crippen MR) is 186 cm³/mol. The molecule has 1 amide bonds. The van der Waals surface area contributed by atoms with Crippen molar-refractivity contribution in [1.82, 2.24) is 14.4 Å². The second kappa shape index (κ2) is 16.0. The highest BCUT2D eigenvalue weighted by Crippen LogP contribution is 2.28. The SMILES string of the molecule is CCc1ccc(C2C=CC(CN(CCN(CC)CC)C(=O)Cn3c(CCc4cccc(F)c4F)cc(=N)c4ccccc43)=CC2)cc1. The van der Waals surface area contributed by atoms with Crippen molar-refractivity contribution in [3.05, 3.63) is 136 Å². The van der Waals surface area contributed by atoms with Gasteiger partial charge in [0, 0.05) is 36.6 Å². The topological polar surface area (TPSA) is 52.3 Å². The molecular formula is C40H46F2N4O. The molecule has 5 rings (SSSR count). The van der Waals surface area contributed by atoms with E-state index in [9.17, 15) is 13.6 Å². The van der Waals surface area contributed by atoms with Gasteiger partial charge in [-0.05, 0) is 79.2 Å². The van der Waals surface area contributed by atoms with Crippen molar-refractivity contribution >= 4 is 16.8 Å². The third kappa shape index (κ3) is 8.33. The molecule has 0 radical (unpaired) electrons. The molecule has 47 heavy (non-hydrogen) atoms. The van der Waals surface area contributed by atoms with Gasteiger partial charge in [0.1, 0.15) is 6.54 Å². The lowest BCUT2D eigenvalue weighted by Crippen LogP contribution is -2.41. The van der Waals surface area contributed by atoms with E-state index in [1.54, 1.807) is 12.1 Å². The number of para-hydroxylation sites is 1. The van der Waals surface area contributed by atoms with E-state index < -0.39 is 11.6 Å². The Morgan fingerprint density at radius 3 is 2.40 bits per heavy atom. The Balaban J connectivity index is 1.39. The molecule has 246 valence electrons. The number of aromatic nitrogens is 1. The van der Waals surface area contributed by atoms with E-state index in [4.69, 9.17) is 5.41 Å². The summed E-state index contributed by atoms with van der Waals surface area (Å²) < 4.78 is 30.5. The van der Waals surface area contributed by atoms with Gasteiger partial charge in [0.05, 0.1) is 10.9 Å². The average Bonchev–Trinajstić information content (AvgIpc) is 3.10. The number of nitrogens with zero attached hydrogens (tertiary/aromatic N) is 3. The maximum Gasteiger partial charge on any atom is 0.242 e. The quantitative estimate of drug-likeness (QED) is 0.155. The van der Waals surface area contributed by atoms with Gasteiger partial charge in [0.25, 0.3) is 0 Å². The summed E-state index contributed by atoms with van der Waals surface area (Å²) >= 11 is 0. The smallest absolute Gasteiger partial charge is 0.242 e. The van der Waals surface area contributed by atoms with Crippen LogP contribution in [0.25, 0.3) is 10.9 Å². The first kappa shape index (κ1) is 34.0. The van der Waals surface area contributed by atoms with Crippen molar-refractivity contribution < 1.29 is 13.6 Å². The third-order valence-electron chi connectivity index (χ3n) is 9.42. The van der Waals surface area contributed by atoms with Crippen molar-refractivity contribution in [2.75, 3.05) is 32.7 Å². The standard InChI is InChI=1S/C40H46F2N4O/c1-4-29-14-18-31(19-15-29)32-20-16-30(17-21-32)27-45(25-24-44(5-2)6-3)39(47)28-46-34(23-22-33-10-9-12-36(41)40(33)42)26-37(43)35-11-7-8-13-38(35)46/h7-20,26,32,43H,4-6,21-25,27-28H2,1-3H3. The van der Waals surface area contributed by atoms with E-state index in [2.05, 4.69) is 68.2 Å². The van der Waals surface area contributed by atoms with Gasteiger partial charge in [0.2, 0.25) is 5.91 Å². The molecule has 5 nitrogen and oxygen atoms in total. The van der Waals surface area contributed by atoms with Gasteiger partial charge in [-0.25, -0.2) is 8.78 Å². The van der Waals surface area contributed by atoms with Crippen molar-refractivity contribution in [2.45, 2.75) is 58.9 Å². The third-order valence-corrected chi connectivity index (χ3v) is 9.42.